The van der Waals surface area contributed by atoms with Gasteiger partial charge in [0.15, 0.2) is 0 Å². The molecule has 0 aliphatic carbocycles. The molecule has 0 saturated carbocycles. The predicted molar refractivity (Wildman–Crippen MR) is 127 cm³/mol. The van der Waals surface area contributed by atoms with E-state index >= 15 is 0 Å². The fraction of sp³-hybridized carbons (Fsp3) is 0.280. The van der Waals surface area contributed by atoms with Crippen molar-refractivity contribution < 1.29 is 0 Å². The average Bonchev–Trinajstić information content (AvgIpc) is 3.27. The van der Waals surface area contributed by atoms with Crippen LogP contribution in [-0.2, 0) is 12.0 Å². The molecule has 2 N–H and O–H groups in total. The van der Waals surface area contributed by atoms with Gasteiger partial charge in [0.1, 0.15) is 5.69 Å². The zero-order chi connectivity index (χ0) is 23.6. The van der Waals surface area contributed by atoms with Gasteiger partial charge in [-0.25, -0.2) is 14.6 Å². The number of nitriles is 1. The van der Waals surface area contributed by atoms with Crippen LogP contribution in [0.15, 0.2) is 48.7 Å². The molecule has 33 heavy (non-hydrogen) atoms. The number of aromatic nitrogens is 6. The van der Waals surface area contributed by atoms with E-state index in [1.165, 1.54) is 0 Å². The average molecular weight is 439 g/mol. The number of benzene rings is 1. The van der Waals surface area contributed by atoms with Gasteiger partial charge in [-0.1, -0.05) is 44.2 Å². The Bertz CT molecular complexity index is 1350. The number of nitrogens with two attached hydrogens (primary N) is 1. The molecule has 0 amide bonds. The molecule has 3 aromatic heterocycles. The topological polar surface area (TPSA) is 119 Å². The van der Waals surface area contributed by atoms with Crippen molar-refractivity contribution in [2.75, 3.05) is 5.73 Å². The Balaban J connectivity index is 1.64. The lowest BCUT2D eigenvalue weighted by Crippen LogP contribution is -2.18. The summed E-state index contributed by atoms with van der Waals surface area (Å²) in [5.74, 6) is 0.134. The summed E-state index contributed by atoms with van der Waals surface area (Å²) in [6.07, 6.45) is 2.83. The van der Waals surface area contributed by atoms with Crippen molar-refractivity contribution in [3.05, 3.63) is 71.2 Å². The van der Waals surface area contributed by atoms with Crippen molar-refractivity contribution in [3.63, 3.8) is 0 Å². The number of nitrogen functional groups attached to an aromatic ring is 1. The van der Waals surface area contributed by atoms with Gasteiger partial charge in [-0.05, 0) is 43.2 Å². The van der Waals surface area contributed by atoms with Crippen LogP contribution >= 0.6 is 0 Å². The molecule has 0 bridgehead atoms. The Morgan fingerprint density at radius 3 is 2.55 bits per heavy atom. The van der Waals surface area contributed by atoms with Crippen LogP contribution < -0.4 is 5.73 Å². The lowest BCUT2D eigenvalue weighted by atomic mass is 9.86. The molecule has 0 unspecified atom stereocenters. The van der Waals surface area contributed by atoms with Crippen LogP contribution in [0.5, 0.6) is 0 Å². The first-order chi connectivity index (χ1) is 15.8. The maximum Gasteiger partial charge on any atom is 0.221 e. The largest absolute Gasteiger partial charge is 0.368 e. The maximum atomic E-state index is 9.34. The monoisotopic (exact) mass is 438 g/mol. The van der Waals surface area contributed by atoms with Gasteiger partial charge >= 0.3 is 0 Å². The minimum Gasteiger partial charge on any atom is -0.368 e. The summed E-state index contributed by atoms with van der Waals surface area (Å²) in [7, 11) is 0. The molecule has 4 rings (SSSR count). The first kappa shape index (κ1) is 22.1. The van der Waals surface area contributed by atoms with E-state index in [4.69, 9.17) is 10.7 Å². The van der Waals surface area contributed by atoms with Crippen LogP contribution in [0.3, 0.4) is 0 Å². The smallest absolute Gasteiger partial charge is 0.221 e. The molecule has 0 spiro atoms. The standard InChI is InChI=1S/C25H26N8/c1-5-25(3,4)23-11-7-9-18(28-23)14-33-15-22(31-32-33)21-12-20(29-24(27)30-21)19-10-6-8-17(13-26)16(19)2/h6-12,15H,5,14H2,1-4H3,(H2,27,29,30). The van der Waals surface area contributed by atoms with Crippen LogP contribution in [0.1, 0.15) is 49.7 Å². The Morgan fingerprint density at radius 2 is 1.79 bits per heavy atom. The molecular formula is C25H26N8. The summed E-state index contributed by atoms with van der Waals surface area (Å²) in [6.45, 7) is 8.94. The van der Waals surface area contributed by atoms with Crippen molar-refractivity contribution in [3.8, 4) is 28.7 Å². The van der Waals surface area contributed by atoms with E-state index in [-0.39, 0.29) is 11.4 Å². The predicted octanol–water partition coefficient (Wildman–Crippen LogP) is 4.30. The van der Waals surface area contributed by atoms with E-state index in [1.807, 2.05) is 43.5 Å². The lowest BCUT2D eigenvalue weighted by Gasteiger charge is -2.22. The van der Waals surface area contributed by atoms with Gasteiger partial charge in [0.2, 0.25) is 5.95 Å². The Hall–Kier alpha value is -4.12. The number of anilines is 1. The van der Waals surface area contributed by atoms with Crippen LogP contribution in [0.4, 0.5) is 5.95 Å². The van der Waals surface area contributed by atoms with E-state index in [0.717, 1.165) is 28.9 Å². The summed E-state index contributed by atoms with van der Waals surface area (Å²) >= 11 is 0. The van der Waals surface area contributed by atoms with Gasteiger partial charge in [0.25, 0.3) is 0 Å². The quantitative estimate of drug-likeness (QED) is 0.477. The van der Waals surface area contributed by atoms with Crippen LogP contribution in [0.25, 0.3) is 22.6 Å². The molecule has 0 radical (unpaired) electrons. The molecule has 4 aromatic rings. The van der Waals surface area contributed by atoms with Gasteiger partial charge in [-0.15, -0.1) is 5.10 Å². The molecule has 0 fully saturated rings. The normalized spacial score (nSPS) is 11.4. The summed E-state index contributed by atoms with van der Waals surface area (Å²) in [4.78, 5) is 13.5. The second-order valence-electron chi connectivity index (χ2n) is 8.64. The third-order valence-electron chi connectivity index (χ3n) is 5.98. The van der Waals surface area contributed by atoms with Crippen LogP contribution in [-0.4, -0.2) is 29.9 Å². The van der Waals surface area contributed by atoms with E-state index in [2.05, 4.69) is 53.2 Å². The maximum absolute atomic E-state index is 9.34. The minimum atomic E-state index is 0.0133. The van der Waals surface area contributed by atoms with Crippen molar-refractivity contribution >= 4 is 5.95 Å². The van der Waals surface area contributed by atoms with E-state index < -0.39 is 0 Å². The molecule has 3 heterocycles. The Kier molecular flexibility index (Phi) is 5.88. The fourth-order valence-electron chi connectivity index (χ4n) is 3.55. The molecule has 0 atom stereocenters. The van der Waals surface area contributed by atoms with Crippen molar-refractivity contribution in [1.29, 1.82) is 5.26 Å². The third-order valence-corrected chi connectivity index (χ3v) is 5.98. The fourth-order valence-corrected chi connectivity index (χ4v) is 3.55. The molecule has 0 saturated heterocycles. The highest BCUT2D eigenvalue weighted by molar-refractivity contribution is 5.71. The summed E-state index contributed by atoms with van der Waals surface area (Å²) < 4.78 is 1.74. The first-order valence-corrected chi connectivity index (χ1v) is 10.8. The van der Waals surface area contributed by atoms with Crippen molar-refractivity contribution in [1.82, 2.24) is 29.9 Å². The molecule has 8 heteroatoms. The molecule has 1 aromatic carbocycles. The highest BCUT2D eigenvalue weighted by Gasteiger charge is 2.20. The summed E-state index contributed by atoms with van der Waals surface area (Å²) in [5, 5.41) is 17.9. The number of hydrogen-bond acceptors (Lipinski definition) is 7. The van der Waals surface area contributed by atoms with Gasteiger partial charge in [0, 0.05) is 16.7 Å². The van der Waals surface area contributed by atoms with E-state index in [0.29, 0.717) is 29.2 Å². The number of hydrogen-bond donors (Lipinski definition) is 1. The van der Waals surface area contributed by atoms with Crippen LogP contribution in [0.2, 0.25) is 0 Å². The zero-order valence-corrected chi connectivity index (χ0v) is 19.2. The molecule has 8 nitrogen and oxygen atoms in total. The SMILES string of the molecule is CCC(C)(C)c1cccc(Cn2cc(-c3cc(-c4cccc(C#N)c4C)nc(N)n3)nn2)n1. The molecule has 0 aliphatic heterocycles. The first-order valence-electron chi connectivity index (χ1n) is 10.8. The second-order valence-corrected chi connectivity index (χ2v) is 8.64. The highest BCUT2D eigenvalue weighted by atomic mass is 15.4. The van der Waals surface area contributed by atoms with Crippen LogP contribution in [0, 0.1) is 18.3 Å². The Labute approximate surface area is 193 Å². The number of nitrogens with zero attached hydrogens (tertiary/aromatic N) is 7. The van der Waals surface area contributed by atoms with Gasteiger partial charge in [0.05, 0.1) is 41.5 Å². The second kappa shape index (κ2) is 8.79. The summed E-state index contributed by atoms with van der Waals surface area (Å²) in [6, 6.07) is 15.6. The third kappa shape index (κ3) is 4.58. The molecule has 0 aliphatic rings. The molecule has 166 valence electrons. The number of pyridine rings is 1. The van der Waals surface area contributed by atoms with Crippen molar-refractivity contribution in [2.45, 2.75) is 46.1 Å². The number of rotatable bonds is 6. The molecular weight excluding hydrogens is 412 g/mol. The zero-order valence-electron chi connectivity index (χ0n) is 19.2. The van der Waals surface area contributed by atoms with Gasteiger partial charge in [-0.2, -0.15) is 5.26 Å². The minimum absolute atomic E-state index is 0.0133. The Morgan fingerprint density at radius 1 is 1.03 bits per heavy atom. The van der Waals surface area contributed by atoms with E-state index in [9.17, 15) is 5.26 Å². The van der Waals surface area contributed by atoms with Gasteiger partial charge in [-0.3, -0.25) is 4.98 Å². The van der Waals surface area contributed by atoms with Crippen molar-refractivity contribution in [2.24, 2.45) is 0 Å². The van der Waals surface area contributed by atoms with Gasteiger partial charge < -0.3 is 5.73 Å². The highest BCUT2D eigenvalue weighted by Crippen LogP contribution is 2.28. The summed E-state index contributed by atoms with van der Waals surface area (Å²) in [5.41, 5.74) is 12.1. The lowest BCUT2D eigenvalue weighted by molar-refractivity contribution is 0.486. The van der Waals surface area contributed by atoms with E-state index in [1.54, 1.807) is 10.7 Å².